The van der Waals surface area contributed by atoms with E-state index in [1.807, 2.05) is 18.2 Å². The first-order valence-electron chi connectivity index (χ1n) is 7.05. The largest absolute Gasteiger partial charge is 0.497 e. The Morgan fingerprint density at radius 3 is 2.65 bits per heavy atom. The highest BCUT2D eigenvalue weighted by Gasteiger charge is 2.13. The van der Waals surface area contributed by atoms with E-state index in [9.17, 15) is 4.79 Å². The summed E-state index contributed by atoms with van der Waals surface area (Å²) in [5.41, 5.74) is 1.33. The molecule has 0 N–H and O–H groups in total. The molecule has 0 bridgehead atoms. The summed E-state index contributed by atoms with van der Waals surface area (Å²) in [6.45, 7) is 0.227. The van der Waals surface area contributed by atoms with Crippen LogP contribution in [0.15, 0.2) is 42.5 Å². The van der Waals surface area contributed by atoms with Gasteiger partial charge >= 0.3 is 0 Å². The molecule has 23 heavy (non-hydrogen) atoms. The maximum atomic E-state index is 12.4. The Labute approximate surface area is 134 Å². The monoisotopic (exact) mass is 312 g/mol. The lowest BCUT2D eigenvalue weighted by atomic mass is 10.1. The summed E-state index contributed by atoms with van der Waals surface area (Å²) < 4.78 is 21.0. The molecule has 1 heterocycles. The molecule has 0 saturated carbocycles. The van der Waals surface area contributed by atoms with Crippen LogP contribution in [-0.4, -0.2) is 26.8 Å². The number of methoxy groups -OCH3 is 2. The Bertz CT molecular complexity index is 764. The van der Waals surface area contributed by atoms with Crippen molar-refractivity contribution in [3.05, 3.63) is 53.6 Å². The third kappa shape index (κ3) is 3.13. The fourth-order valence-corrected chi connectivity index (χ4v) is 2.28. The summed E-state index contributed by atoms with van der Waals surface area (Å²) >= 11 is 0. The molecule has 1 aliphatic rings. The van der Waals surface area contributed by atoms with Gasteiger partial charge in [0.15, 0.2) is 17.3 Å². The Morgan fingerprint density at radius 1 is 1.04 bits per heavy atom. The summed E-state index contributed by atoms with van der Waals surface area (Å²) in [7, 11) is 3.09. The van der Waals surface area contributed by atoms with Crippen molar-refractivity contribution in [2.24, 2.45) is 0 Å². The topological polar surface area (TPSA) is 54.0 Å². The van der Waals surface area contributed by atoms with Gasteiger partial charge in [-0.05, 0) is 35.9 Å². The van der Waals surface area contributed by atoms with Crippen molar-refractivity contribution < 1.29 is 23.7 Å². The second-order valence-electron chi connectivity index (χ2n) is 4.88. The van der Waals surface area contributed by atoms with Gasteiger partial charge < -0.3 is 18.9 Å². The molecule has 0 fully saturated rings. The van der Waals surface area contributed by atoms with Gasteiger partial charge in [-0.15, -0.1) is 0 Å². The third-order valence-corrected chi connectivity index (χ3v) is 3.50. The maximum absolute atomic E-state index is 12.4. The van der Waals surface area contributed by atoms with Gasteiger partial charge in [0.1, 0.15) is 11.5 Å². The van der Waals surface area contributed by atoms with E-state index in [-0.39, 0.29) is 12.6 Å². The van der Waals surface area contributed by atoms with E-state index in [1.54, 1.807) is 31.4 Å². The summed E-state index contributed by atoms with van der Waals surface area (Å²) in [6, 6.07) is 10.6. The van der Waals surface area contributed by atoms with Gasteiger partial charge in [-0.1, -0.05) is 12.1 Å². The quantitative estimate of drug-likeness (QED) is 0.626. The van der Waals surface area contributed by atoms with Gasteiger partial charge in [0.2, 0.25) is 6.79 Å². The highest BCUT2D eigenvalue weighted by molar-refractivity contribution is 6.08. The molecule has 0 unspecified atom stereocenters. The van der Waals surface area contributed by atoms with Crippen molar-refractivity contribution in [1.82, 2.24) is 0 Å². The predicted molar refractivity (Wildman–Crippen MR) is 85.5 cm³/mol. The molecule has 0 amide bonds. The van der Waals surface area contributed by atoms with Crippen LogP contribution in [0.5, 0.6) is 23.0 Å². The number of fused-ring (bicyclic) bond motifs is 1. The Kier molecular flexibility index (Phi) is 4.19. The SMILES string of the molecule is COc1ccc(C(=O)C=Cc2ccc3c(c2)OCO3)c(OC)c1. The molecule has 5 heteroatoms. The number of carbonyl (C=O) groups excluding carboxylic acids is 1. The zero-order valence-electron chi connectivity index (χ0n) is 12.9. The zero-order valence-corrected chi connectivity index (χ0v) is 12.9. The lowest BCUT2D eigenvalue weighted by molar-refractivity contribution is 0.104. The number of benzene rings is 2. The van der Waals surface area contributed by atoms with Gasteiger partial charge in [0.05, 0.1) is 19.8 Å². The van der Waals surface area contributed by atoms with Crippen LogP contribution in [0.4, 0.5) is 0 Å². The molecule has 3 rings (SSSR count). The molecule has 0 atom stereocenters. The van der Waals surface area contributed by atoms with E-state index in [1.165, 1.54) is 13.2 Å². The molecule has 0 aliphatic carbocycles. The molecule has 0 saturated heterocycles. The first-order chi connectivity index (χ1) is 11.2. The van der Waals surface area contributed by atoms with Gasteiger partial charge in [0, 0.05) is 6.07 Å². The van der Waals surface area contributed by atoms with Gasteiger partial charge in [0.25, 0.3) is 0 Å². The van der Waals surface area contributed by atoms with E-state index in [2.05, 4.69) is 0 Å². The number of ketones is 1. The molecule has 0 spiro atoms. The minimum Gasteiger partial charge on any atom is -0.497 e. The Balaban J connectivity index is 1.81. The van der Waals surface area contributed by atoms with Crippen LogP contribution in [-0.2, 0) is 0 Å². The van der Waals surface area contributed by atoms with Crippen LogP contribution >= 0.6 is 0 Å². The molecule has 1 aliphatic heterocycles. The standard InChI is InChI=1S/C18H16O5/c1-20-13-5-6-14(17(10-13)21-2)15(19)7-3-12-4-8-16-18(9-12)23-11-22-16/h3-10H,11H2,1-2H3. The summed E-state index contributed by atoms with van der Waals surface area (Å²) in [5.74, 6) is 2.36. The van der Waals surface area contributed by atoms with Gasteiger partial charge in [-0.3, -0.25) is 4.79 Å². The normalized spacial score (nSPS) is 12.4. The first-order valence-corrected chi connectivity index (χ1v) is 7.05. The highest BCUT2D eigenvalue weighted by atomic mass is 16.7. The molecular weight excluding hydrogens is 296 g/mol. The van der Waals surface area contributed by atoms with Crippen LogP contribution in [0.2, 0.25) is 0 Å². The van der Waals surface area contributed by atoms with Crippen molar-refractivity contribution in [2.75, 3.05) is 21.0 Å². The van der Waals surface area contributed by atoms with Crippen LogP contribution in [0.3, 0.4) is 0 Å². The summed E-state index contributed by atoms with van der Waals surface area (Å²) in [5, 5.41) is 0. The number of carbonyl (C=O) groups is 1. The van der Waals surface area contributed by atoms with Crippen molar-refractivity contribution in [2.45, 2.75) is 0 Å². The van der Waals surface area contributed by atoms with Crippen LogP contribution in [0.1, 0.15) is 15.9 Å². The van der Waals surface area contributed by atoms with Crippen LogP contribution < -0.4 is 18.9 Å². The molecule has 5 nitrogen and oxygen atoms in total. The third-order valence-electron chi connectivity index (χ3n) is 3.50. The summed E-state index contributed by atoms with van der Waals surface area (Å²) in [6.07, 6.45) is 3.23. The number of hydrogen-bond donors (Lipinski definition) is 0. The van der Waals surface area contributed by atoms with Gasteiger partial charge in [-0.2, -0.15) is 0 Å². The second-order valence-corrected chi connectivity index (χ2v) is 4.88. The van der Waals surface area contributed by atoms with E-state index in [0.29, 0.717) is 28.6 Å². The van der Waals surface area contributed by atoms with Crippen LogP contribution in [0.25, 0.3) is 6.08 Å². The lowest BCUT2D eigenvalue weighted by Gasteiger charge is -2.07. The van der Waals surface area contributed by atoms with E-state index >= 15 is 0 Å². The fourth-order valence-electron chi connectivity index (χ4n) is 2.28. The predicted octanol–water partition coefficient (Wildman–Crippen LogP) is 3.33. The fraction of sp³-hybridized carbons (Fsp3) is 0.167. The average molecular weight is 312 g/mol. The number of allylic oxidation sites excluding steroid dienone is 1. The maximum Gasteiger partial charge on any atom is 0.231 e. The van der Waals surface area contributed by atoms with Crippen molar-refractivity contribution in [1.29, 1.82) is 0 Å². The van der Waals surface area contributed by atoms with E-state index in [4.69, 9.17) is 18.9 Å². The molecule has 2 aromatic rings. The minimum absolute atomic E-state index is 0.151. The molecule has 0 radical (unpaired) electrons. The molecular formula is C18H16O5. The second kappa shape index (κ2) is 6.44. The highest BCUT2D eigenvalue weighted by Crippen LogP contribution is 2.33. The van der Waals surface area contributed by atoms with Crippen molar-refractivity contribution in [3.63, 3.8) is 0 Å². The Hall–Kier alpha value is -2.95. The molecule has 0 aromatic heterocycles. The molecule has 2 aromatic carbocycles. The van der Waals surface area contributed by atoms with E-state index in [0.717, 1.165) is 5.56 Å². The lowest BCUT2D eigenvalue weighted by Crippen LogP contribution is -1.99. The smallest absolute Gasteiger partial charge is 0.231 e. The van der Waals surface area contributed by atoms with Crippen molar-refractivity contribution >= 4 is 11.9 Å². The zero-order chi connectivity index (χ0) is 16.2. The average Bonchev–Trinajstić information content (AvgIpc) is 3.06. The Morgan fingerprint density at radius 2 is 1.87 bits per heavy atom. The number of ether oxygens (including phenoxy) is 4. The van der Waals surface area contributed by atoms with Crippen LogP contribution in [0, 0.1) is 0 Å². The number of hydrogen-bond acceptors (Lipinski definition) is 5. The first kappa shape index (κ1) is 15.0. The minimum atomic E-state index is -0.151. The van der Waals surface area contributed by atoms with Crippen molar-refractivity contribution in [3.8, 4) is 23.0 Å². The number of rotatable bonds is 5. The van der Waals surface area contributed by atoms with E-state index < -0.39 is 0 Å². The summed E-state index contributed by atoms with van der Waals surface area (Å²) in [4.78, 5) is 12.4. The van der Waals surface area contributed by atoms with Gasteiger partial charge in [-0.25, -0.2) is 0 Å². The molecule has 118 valence electrons.